The van der Waals surface area contributed by atoms with Gasteiger partial charge in [-0.05, 0) is 54.6 Å². The van der Waals surface area contributed by atoms with E-state index < -0.39 is 11.2 Å². The molecule has 3 aromatic rings. The van der Waals surface area contributed by atoms with Crippen LogP contribution in [0.5, 0.6) is 0 Å². The first-order valence-corrected chi connectivity index (χ1v) is 10.6. The van der Waals surface area contributed by atoms with Crippen molar-refractivity contribution in [3.8, 4) is 11.1 Å². The van der Waals surface area contributed by atoms with Gasteiger partial charge in [0.05, 0.1) is 10.4 Å². The lowest BCUT2D eigenvalue weighted by Crippen LogP contribution is -2.51. The van der Waals surface area contributed by atoms with Crippen LogP contribution in [0.25, 0.3) is 11.1 Å². The third kappa shape index (κ3) is 4.75. The smallest absolute Gasteiger partial charge is 0.225 e. The molecule has 1 aliphatic rings. The number of carbonyl (C=O) groups excluding carboxylic acids is 1. The summed E-state index contributed by atoms with van der Waals surface area (Å²) in [5.74, 6) is -0.741. The molecule has 31 heavy (non-hydrogen) atoms. The number of nitrogens with zero attached hydrogens (tertiary/aromatic N) is 3. The molecule has 0 radical (unpaired) electrons. The minimum absolute atomic E-state index is 0.107. The highest BCUT2D eigenvalue weighted by molar-refractivity contribution is 6.30. The molecule has 1 atom stereocenters. The van der Waals surface area contributed by atoms with E-state index in [0.29, 0.717) is 25.9 Å². The molecule has 1 aromatic heterocycles. The maximum Gasteiger partial charge on any atom is 0.225 e. The van der Waals surface area contributed by atoms with Crippen LogP contribution in [0.4, 0.5) is 4.39 Å². The molecule has 1 aliphatic heterocycles. The fraction of sp³-hybridized carbons (Fsp3) is 0.292. The number of likely N-dealkylation sites (tertiary alicyclic amines) is 1. The quantitative estimate of drug-likeness (QED) is 0.624. The van der Waals surface area contributed by atoms with E-state index in [4.69, 9.17) is 17.3 Å². The predicted molar refractivity (Wildman–Crippen MR) is 119 cm³/mol. The second-order valence-corrected chi connectivity index (χ2v) is 8.58. The van der Waals surface area contributed by atoms with Crippen molar-refractivity contribution in [3.63, 3.8) is 0 Å². The van der Waals surface area contributed by atoms with Crippen molar-refractivity contribution in [2.24, 2.45) is 11.1 Å². The number of carbonyl (C=O) groups is 1. The number of amides is 1. The zero-order chi connectivity index (χ0) is 21.8. The summed E-state index contributed by atoms with van der Waals surface area (Å²) in [7, 11) is 0. The number of piperidine rings is 1. The van der Waals surface area contributed by atoms with E-state index in [-0.39, 0.29) is 10.9 Å². The van der Waals surface area contributed by atoms with Crippen LogP contribution in [-0.2, 0) is 17.8 Å². The maximum absolute atomic E-state index is 13.9. The minimum Gasteiger partial charge on any atom is -0.369 e. The first-order chi connectivity index (χ1) is 15.0. The standard InChI is InChI=1S/C24H24ClFN4O/c25-21-7-6-17(10-22(21)26)14-30-9-3-8-24(15-30,23(27)31)11-18-4-1-2-5-20(18)19-12-28-16-29-13-19/h1-2,4-7,10,12-13,16H,3,8-9,11,14-15H2,(H2,27,31). The van der Waals surface area contributed by atoms with Crippen LogP contribution < -0.4 is 5.73 Å². The summed E-state index contributed by atoms with van der Waals surface area (Å²) in [6.07, 6.45) is 7.12. The van der Waals surface area contributed by atoms with Crippen LogP contribution in [0.15, 0.2) is 61.2 Å². The number of primary amides is 1. The molecule has 2 N–H and O–H groups in total. The zero-order valence-corrected chi connectivity index (χ0v) is 17.9. The summed E-state index contributed by atoms with van der Waals surface area (Å²) >= 11 is 5.81. The van der Waals surface area contributed by atoms with Gasteiger partial charge in [0.1, 0.15) is 12.1 Å². The Kier molecular flexibility index (Phi) is 6.30. The van der Waals surface area contributed by atoms with E-state index in [0.717, 1.165) is 35.2 Å². The van der Waals surface area contributed by atoms with Crippen molar-refractivity contribution in [1.82, 2.24) is 14.9 Å². The molecule has 0 aliphatic carbocycles. The van der Waals surface area contributed by atoms with Gasteiger partial charge in [-0.15, -0.1) is 0 Å². The Morgan fingerprint density at radius 1 is 1.19 bits per heavy atom. The molecule has 0 saturated carbocycles. The van der Waals surface area contributed by atoms with Crippen molar-refractivity contribution in [2.75, 3.05) is 13.1 Å². The molecule has 1 fully saturated rings. The van der Waals surface area contributed by atoms with Gasteiger partial charge in [-0.2, -0.15) is 0 Å². The summed E-state index contributed by atoms with van der Waals surface area (Å²) in [6.45, 7) is 1.89. The summed E-state index contributed by atoms with van der Waals surface area (Å²) in [5, 5.41) is 0.107. The van der Waals surface area contributed by atoms with Gasteiger partial charge in [-0.3, -0.25) is 9.69 Å². The van der Waals surface area contributed by atoms with Crippen LogP contribution in [0.1, 0.15) is 24.0 Å². The molecular weight excluding hydrogens is 415 g/mol. The van der Waals surface area contributed by atoms with Crippen LogP contribution in [0, 0.1) is 11.2 Å². The van der Waals surface area contributed by atoms with Crippen LogP contribution >= 0.6 is 11.6 Å². The number of hydrogen-bond donors (Lipinski definition) is 1. The number of rotatable bonds is 6. The van der Waals surface area contributed by atoms with Crippen LogP contribution in [-0.4, -0.2) is 33.9 Å². The first-order valence-electron chi connectivity index (χ1n) is 10.3. The Labute approximate surface area is 186 Å². The van der Waals surface area contributed by atoms with Gasteiger partial charge in [0.25, 0.3) is 0 Å². The second-order valence-electron chi connectivity index (χ2n) is 8.17. The Hall–Kier alpha value is -2.83. The van der Waals surface area contributed by atoms with Gasteiger partial charge in [0, 0.05) is 31.0 Å². The van der Waals surface area contributed by atoms with Crippen LogP contribution in [0.3, 0.4) is 0 Å². The summed E-state index contributed by atoms with van der Waals surface area (Å²) in [4.78, 5) is 23.1. The monoisotopic (exact) mass is 438 g/mol. The molecule has 1 saturated heterocycles. The average Bonchev–Trinajstić information content (AvgIpc) is 2.77. The predicted octanol–water partition coefficient (Wildman–Crippen LogP) is 4.25. The Morgan fingerprint density at radius 3 is 2.71 bits per heavy atom. The Balaban J connectivity index is 1.60. The van der Waals surface area contributed by atoms with Crippen molar-refractivity contribution < 1.29 is 9.18 Å². The SMILES string of the molecule is NC(=O)C1(Cc2ccccc2-c2cncnc2)CCCN(Cc2ccc(Cl)c(F)c2)C1. The lowest BCUT2D eigenvalue weighted by Gasteiger charge is -2.41. The van der Waals surface area contributed by atoms with Gasteiger partial charge >= 0.3 is 0 Å². The molecule has 1 amide bonds. The van der Waals surface area contributed by atoms with Gasteiger partial charge in [-0.1, -0.05) is 41.9 Å². The first kappa shape index (κ1) is 21.4. The fourth-order valence-electron chi connectivity index (χ4n) is 4.45. The van der Waals surface area contributed by atoms with E-state index in [2.05, 4.69) is 14.9 Å². The average molecular weight is 439 g/mol. The highest BCUT2D eigenvalue weighted by Crippen LogP contribution is 2.37. The summed E-state index contributed by atoms with van der Waals surface area (Å²) in [5.41, 5.74) is 9.04. The number of aromatic nitrogens is 2. The molecule has 0 spiro atoms. The number of halogens is 2. The van der Waals surface area contributed by atoms with E-state index >= 15 is 0 Å². The van der Waals surface area contributed by atoms with E-state index in [9.17, 15) is 9.18 Å². The fourth-order valence-corrected chi connectivity index (χ4v) is 4.57. The largest absolute Gasteiger partial charge is 0.369 e. The third-order valence-electron chi connectivity index (χ3n) is 5.99. The summed E-state index contributed by atoms with van der Waals surface area (Å²) in [6, 6.07) is 12.8. The van der Waals surface area contributed by atoms with Crippen molar-refractivity contribution in [1.29, 1.82) is 0 Å². The lowest BCUT2D eigenvalue weighted by atomic mass is 9.73. The van der Waals surface area contributed by atoms with Crippen LogP contribution in [0.2, 0.25) is 5.02 Å². The Morgan fingerprint density at radius 2 is 1.97 bits per heavy atom. The lowest BCUT2D eigenvalue weighted by molar-refractivity contribution is -0.131. The van der Waals surface area contributed by atoms with Gasteiger partial charge in [0.2, 0.25) is 5.91 Å². The minimum atomic E-state index is -0.699. The number of nitrogens with two attached hydrogens (primary N) is 1. The zero-order valence-electron chi connectivity index (χ0n) is 17.1. The summed E-state index contributed by atoms with van der Waals surface area (Å²) < 4.78 is 13.9. The maximum atomic E-state index is 13.9. The number of hydrogen-bond acceptors (Lipinski definition) is 4. The van der Waals surface area contributed by atoms with Crippen molar-refractivity contribution in [3.05, 3.63) is 83.2 Å². The highest BCUT2D eigenvalue weighted by atomic mass is 35.5. The normalized spacial score (nSPS) is 19.3. The highest BCUT2D eigenvalue weighted by Gasteiger charge is 2.41. The van der Waals surface area contributed by atoms with Crippen molar-refractivity contribution in [2.45, 2.75) is 25.8 Å². The van der Waals surface area contributed by atoms with E-state index in [1.165, 1.54) is 12.4 Å². The van der Waals surface area contributed by atoms with E-state index in [1.807, 2.05) is 30.3 Å². The topological polar surface area (TPSA) is 72.1 Å². The molecule has 5 nitrogen and oxygen atoms in total. The molecule has 0 bridgehead atoms. The second kappa shape index (κ2) is 9.12. The van der Waals surface area contributed by atoms with Gasteiger partial charge in [-0.25, -0.2) is 14.4 Å². The number of benzene rings is 2. The third-order valence-corrected chi connectivity index (χ3v) is 6.29. The Bertz CT molecular complexity index is 1080. The molecule has 2 heterocycles. The van der Waals surface area contributed by atoms with Crippen molar-refractivity contribution >= 4 is 17.5 Å². The molecule has 160 valence electrons. The van der Waals surface area contributed by atoms with E-state index in [1.54, 1.807) is 18.5 Å². The molecule has 7 heteroatoms. The molecule has 2 aromatic carbocycles. The molecular formula is C24H24ClFN4O. The molecule has 1 unspecified atom stereocenters. The van der Waals surface area contributed by atoms with Gasteiger partial charge < -0.3 is 5.73 Å². The molecule has 4 rings (SSSR count). The van der Waals surface area contributed by atoms with Gasteiger partial charge in [0.15, 0.2) is 0 Å².